The molecule has 2 heteroatoms. The van der Waals surface area contributed by atoms with Crippen molar-refractivity contribution < 1.29 is 0 Å². The summed E-state index contributed by atoms with van der Waals surface area (Å²) in [5, 5.41) is 4.55. The second-order valence-corrected chi connectivity index (χ2v) is 5.87. The minimum Gasteiger partial charge on any atom is -0.443 e. The topological polar surface area (TPSA) is 26.5 Å². The van der Waals surface area contributed by atoms with Gasteiger partial charge in [-0.2, -0.15) is 0 Å². The third-order valence-corrected chi connectivity index (χ3v) is 3.64. The van der Waals surface area contributed by atoms with Crippen LogP contribution in [0, 0.1) is 41.5 Å². The molecule has 0 radical (unpaired) electrons. The molecule has 0 atom stereocenters. The lowest BCUT2D eigenvalue weighted by Crippen LogP contribution is -1.87. The monoisotopic (exact) mass is 279 g/mol. The zero-order valence-corrected chi connectivity index (χ0v) is 13.8. The Bertz CT molecular complexity index is 651. The molecule has 2 nitrogen and oxygen atoms in total. The summed E-state index contributed by atoms with van der Waals surface area (Å²) < 4.78 is 0. The molecule has 0 aliphatic carbocycles. The van der Waals surface area contributed by atoms with E-state index in [2.05, 4.69) is 76.1 Å². The Morgan fingerprint density at radius 3 is 1.62 bits per heavy atom. The van der Waals surface area contributed by atoms with Crippen molar-refractivity contribution in [3.8, 4) is 0 Å². The summed E-state index contributed by atoms with van der Waals surface area (Å²) in [5.74, 6) is 0. The van der Waals surface area contributed by atoms with E-state index in [1.54, 1.807) is 6.34 Å². The maximum Gasteiger partial charge on any atom is -0.0359 e. The number of aryl methyl sites for hydroxylation is 6. The van der Waals surface area contributed by atoms with Crippen LogP contribution in [0.5, 0.6) is 0 Å². The molecule has 0 spiro atoms. The van der Waals surface area contributed by atoms with Gasteiger partial charge in [-0.3, -0.25) is 0 Å². The third-order valence-electron chi connectivity index (χ3n) is 3.64. The number of rotatable bonds is 3. The molecule has 0 amide bonds. The summed E-state index contributed by atoms with van der Waals surface area (Å²) in [6.07, 6.45) is 1.68. The van der Waals surface area contributed by atoms with Gasteiger partial charge in [0.2, 0.25) is 0 Å². The molecule has 0 fully saturated rings. The smallest absolute Gasteiger partial charge is 0.0359 e. The molecule has 0 aliphatic heterocycles. The first kappa shape index (κ1) is 15.3. The lowest BCUT2D eigenvalue weighted by atomic mass is 10.1. The zero-order valence-electron chi connectivity index (χ0n) is 13.8. The highest BCUT2D eigenvalue weighted by atomic mass is 14.9. The maximum atomic E-state index is 4.55. The molecule has 0 aromatic heterocycles. The van der Waals surface area contributed by atoms with Crippen LogP contribution in [0.3, 0.4) is 0 Å². The van der Waals surface area contributed by atoms with Gasteiger partial charge < -0.3 is 10.3 Å². The minimum atomic E-state index is 1.02. The Morgan fingerprint density at radius 1 is 0.714 bits per heavy atom. The summed E-state index contributed by atoms with van der Waals surface area (Å²) in [6.45, 7) is 12.6. The van der Waals surface area contributed by atoms with Gasteiger partial charge in [-0.1, -0.05) is 41.7 Å². The molecular weight excluding hydrogens is 256 g/mol. The first-order valence-corrected chi connectivity index (χ1v) is 7.27. The highest BCUT2D eigenvalue weighted by Crippen LogP contribution is 2.29. The van der Waals surface area contributed by atoms with Crippen molar-refractivity contribution in [3.63, 3.8) is 0 Å². The summed E-state index contributed by atoms with van der Waals surface area (Å²) in [4.78, 5) is 4.55. The molecule has 2 aromatic carbocycles. The minimum absolute atomic E-state index is 1.02. The van der Waals surface area contributed by atoms with Crippen molar-refractivity contribution >= 4 is 17.7 Å². The van der Waals surface area contributed by atoms with E-state index in [4.69, 9.17) is 0 Å². The van der Waals surface area contributed by atoms with Crippen LogP contribution in [0.4, 0.5) is 11.4 Å². The molecule has 21 heavy (non-hydrogen) atoms. The van der Waals surface area contributed by atoms with Crippen molar-refractivity contribution in [1.29, 1.82) is 0 Å². The molecule has 0 N–H and O–H groups in total. The van der Waals surface area contributed by atoms with Crippen molar-refractivity contribution in [1.82, 2.24) is 0 Å². The van der Waals surface area contributed by atoms with Gasteiger partial charge in [-0.25, -0.2) is 0 Å². The SMILES string of the molecule is Cc1cc(C)c(N=C[N-]c2c(C)cc(C)cc2C)c(C)c1. The summed E-state index contributed by atoms with van der Waals surface area (Å²) in [5.41, 5.74) is 9.34. The first-order chi connectivity index (χ1) is 9.88. The quantitative estimate of drug-likeness (QED) is 0.494. The second-order valence-electron chi connectivity index (χ2n) is 5.87. The molecule has 110 valence electrons. The van der Waals surface area contributed by atoms with Crippen molar-refractivity contribution in [2.75, 3.05) is 0 Å². The van der Waals surface area contributed by atoms with Crippen LogP contribution in [0.2, 0.25) is 0 Å². The number of benzene rings is 2. The van der Waals surface area contributed by atoms with Gasteiger partial charge in [-0.05, 0) is 75.2 Å². The Hall–Kier alpha value is -2.09. The molecule has 2 aromatic rings. The lowest BCUT2D eigenvalue weighted by molar-refractivity contribution is 1.29. The average molecular weight is 279 g/mol. The second kappa shape index (κ2) is 6.13. The fourth-order valence-corrected chi connectivity index (χ4v) is 2.90. The van der Waals surface area contributed by atoms with Gasteiger partial charge in [0.1, 0.15) is 0 Å². The molecule has 0 saturated carbocycles. The fourth-order valence-electron chi connectivity index (χ4n) is 2.90. The highest BCUT2D eigenvalue weighted by molar-refractivity contribution is 5.87. The number of hydrogen-bond acceptors (Lipinski definition) is 1. The van der Waals surface area contributed by atoms with Gasteiger partial charge >= 0.3 is 0 Å². The highest BCUT2D eigenvalue weighted by Gasteiger charge is 1.99. The van der Waals surface area contributed by atoms with Gasteiger partial charge in [0.15, 0.2) is 0 Å². The zero-order chi connectivity index (χ0) is 15.6. The molecule has 0 heterocycles. The Kier molecular flexibility index (Phi) is 4.46. The van der Waals surface area contributed by atoms with Crippen LogP contribution in [0.25, 0.3) is 5.32 Å². The van der Waals surface area contributed by atoms with Crippen molar-refractivity contribution in [2.24, 2.45) is 4.99 Å². The molecule has 0 bridgehead atoms. The number of hydrogen-bond donors (Lipinski definition) is 0. The van der Waals surface area contributed by atoms with Gasteiger partial charge in [0.05, 0.1) is 0 Å². The van der Waals surface area contributed by atoms with Crippen LogP contribution < -0.4 is 0 Å². The molecule has 2 rings (SSSR count). The van der Waals surface area contributed by atoms with Crippen molar-refractivity contribution in [2.45, 2.75) is 41.5 Å². The standard InChI is InChI=1S/C19H23N2/c1-12-7-14(3)18(15(4)8-12)20-11-21-19-16(5)9-13(2)10-17(19)6/h7-11H,1-6H3/q-1. The predicted molar refractivity (Wildman–Crippen MR) is 92.5 cm³/mol. The third kappa shape index (κ3) is 3.52. The average Bonchev–Trinajstić information content (AvgIpc) is 2.34. The van der Waals surface area contributed by atoms with E-state index in [1.807, 2.05) is 0 Å². The number of aliphatic imine (C=N–C) groups is 1. The normalized spacial score (nSPS) is 11.1. The predicted octanol–water partition coefficient (Wildman–Crippen LogP) is 5.90. The van der Waals surface area contributed by atoms with Crippen LogP contribution in [-0.4, -0.2) is 6.34 Å². The Morgan fingerprint density at radius 2 is 1.14 bits per heavy atom. The van der Waals surface area contributed by atoms with E-state index in [1.165, 1.54) is 33.4 Å². The van der Waals surface area contributed by atoms with E-state index in [9.17, 15) is 0 Å². The van der Waals surface area contributed by atoms with Gasteiger partial charge in [0, 0.05) is 0 Å². The fraction of sp³-hybridized carbons (Fsp3) is 0.316. The van der Waals surface area contributed by atoms with Crippen LogP contribution in [-0.2, 0) is 0 Å². The Labute approximate surface area is 127 Å². The summed E-state index contributed by atoms with van der Waals surface area (Å²) in [7, 11) is 0. The summed E-state index contributed by atoms with van der Waals surface area (Å²) in [6, 6.07) is 8.62. The van der Waals surface area contributed by atoms with Gasteiger partial charge in [-0.15, -0.1) is 0 Å². The first-order valence-electron chi connectivity index (χ1n) is 7.27. The van der Waals surface area contributed by atoms with Crippen molar-refractivity contribution in [3.05, 3.63) is 63.0 Å². The van der Waals surface area contributed by atoms with Crippen LogP contribution in [0.15, 0.2) is 29.3 Å². The molecule has 0 saturated heterocycles. The molecule has 0 aliphatic rings. The van der Waals surface area contributed by atoms with E-state index in [0.717, 1.165) is 11.4 Å². The Balaban J connectivity index is 2.25. The summed E-state index contributed by atoms with van der Waals surface area (Å²) >= 11 is 0. The largest absolute Gasteiger partial charge is 0.443 e. The molecule has 0 unspecified atom stereocenters. The number of nitrogens with zero attached hydrogens (tertiary/aromatic N) is 2. The molecular formula is C19H23N2-. The van der Waals surface area contributed by atoms with E-state index < -0.39 is 0 Å². The van der Waals surface area contributed by atoms with Gasteiger partial charge in [0.25, 0.3) is 0 Å². The van der Waals surface area contributed by atoms with E-state index in [0.29, 0.717) is 0 Å². The van der Waals surface area contributed by atoms with Crippen LogP contribution >= 0.6 is 0 Å². The van der Waals surface area contributed by atoms with Crippen LogP contribution in [0.1, 0.15) is 33.4 Å². The maximum absolute atomic E-state index is 4.55. The van der Waals surface area contributed by atoms with E-state index in [-0.39, 0.29) is 0 Å². The van der Waals surface area contributed by atoms with E-state index >= 15 is 0 Å². The lowest BCUT2D eigenvalue weighted by Gasteiger charge is -2.18.